The molecule has 2 aromatic carbocycles. The zero-order valence-corrected chi connectivity index (χ0v) is 11.1. The van der Waals surface area contributed by atoms with Crippen LogP contribution in [0, 0.1) is 11.6 Å². The van der Waals surface area contributed by atoms with Gasteiger partial charge in [-0.05, 0) is 30.3 Å². The van der Waals surface area contributed by atoms with E-state index in [-0.39, 0.29) is 11.6 Å². The molecule has 0 saturated heterocycles. The molecule has 1 heterocycles. The molecule has 1 N–H and O–H groups in total. The number of nitrogens with zero attached hydrogens (tertiary/aromatic N) is 2. The van der Waals surface area contributed by atoms with Gasteiger partial charge in [0, 0.05) is 17.1 Å². The van der Waals surface area contributed by atoms with Crippen molar-refractivity contribution in [2.24, 2.45) is 0 Å². The minimum Gasteiger partial charge on any atom is -0.494 e. The fraction of sp³-hybridized carbons (Fsp3) is 0.0667. The predicted octanol–water partition coefficient (Wildman–Crippen LogP) is 3.66. The Kier molecular flexibility index (Phi) is 3.35. The second-order valence-electron chi connectivity index (χ2n) is 4.36. The van der Waals surface area contributed by atoms with Gasteiger partial charge in [0.25, 0.3) is 0 Å². The molecule has 0 radical (unpaired) electrons. The Labute approximate surface area is 119 Å². The Hall–Kier alpha value is -2.76. The van der Waals surface area contributed by atoms with Crippen LogP contribution in [-0.2, 0) is 0 Å². The van der Waals surface area contributed by atoms with Crippen LogP contribution in [0.25, 0.3) is 10.9 Å². The minimum absolute atomic E-state index is 0.111. The summed E-state index contributed by atoms with van der Waals surface area (Å²) < 4.78 is 31.6. The molecule has 3 rings (SSSR count). The SMILES string of the molecule is COc1cc2c(Nc3ccc(F)cc3)ncnc2cc1F. The number of hydrogen-bond acceptors (Lipinski definition) is 4. The van der Waals surface area contributed by atoms with Crippen molar-refractivity contribution in [1.82, 2.24) is 9.97 Å². The van der Waals surface area contributed by atoms with Crippen LogP contribution >= 0.6 is 0 Å². The molecule has 0 atom stereocenters. The normalized spacial score (nSPS) is 10.6. The first-order chi connectivity index (χ1) is 10.2. The summed E-state index contributed by atoms with van der Waals surface area (Å²) in [5, 5.41) is 3.66. The zero-order chi connectivity index (χ0) is 14.8. The van der Waals surface area contributed by atoms with Gasteiger partial charge >= 0.3 is 0 Å². The van der Waals surface area contributed by atoms with Crippen molar-refractivity contribution in [3.63, 3.8) is 0 Å². The van der Waals surface area contributed by atoms with Gasteiger partial charge in [0.05, 0.1) is 12.6 Å². The van der Waals surface area contributed by atoms with Gasteiger partial charge in [-0.15, -0.1) is 0 Å². The summed E-state index contributed by atoms with van der Waals surface area (Å²) in [5.41, 5.74) is 1.12. The highest BCUT2D eigenvalue weighted by atomic mass is 19.1. The number of anilines is 2. The van der Waals surface area contributed by atoms with E-state index in [4.69, 9.17) is 4.74 Å². The van der Waals surface area contributed by atoms with E-state index in [2.05, 4.69) is 15.3 Å². The molecular weight excluding hydrogens is 276 g/mol. The molecule has 21 heavy (non-hydrogen) atoms. The van der Waals surface area contributed by atoms with E-state index in [1.165, 1.54) is 37.7 Å². The van der Waals surface area contributed by atoms with E-state index < -0.39 is 5.82 Å². The number of hydrogen-bond donors (Lipinski definition) is 1. The summed E-state index contributed by atoms with van der Waals surface area (Å²) >= 11 is 0. The number of aromatic nitrogens is 2. The van der Waals surface area contributed by atoms with Crippen LogP contribution in [0.2, 0.25) is 0 Å². The highest BCUT2D eigenvalue weighted by Gasteiger charge is 2.10. The molecule has 4 nitrogen and oxygen atoms in total. The summed E-state index contributed by atoms with van der Waals surface area (Å²) in [6, 6.07) is 8.66. The number of nitrogens with one attached hydrogen (secondary N) is 1. The van der Waals surface area contributed by atoms with Gasteiger partial charge in [-0.25, -0.2) is 18.7 Å². The Balaban J connectivity index is 2.07. The molecule has 0 aliphatic heterocycles. The summed E-state index contributed by atoms with van der Waals surface area (Å²) in [6.45, 7) is 0. The zero-order valence-electron chi connectivity index (χ0n) is 11.1. The number of methoxy groups -OCH3 is 1. The number of ether oxygens (including phenoxy) is 1. The molecule has 6 heteroatoms. The van der Waals surface area contributed by atoms with Crippen LogP contribution < -0.4 is 10.1 Å². The average molecular weight is 287 g/mol. The second kappa shape index (κ2) is 5.32. The molecule has 0 amide bonds. The van der Waals surface area contributed by atoms with E-state index in [9.17, 15) is 8.78 Å². The first kappa shape index (κ1) is 13.2. The molecule has 1 aromatic heterocycles. The van der Waals surface area contributed by atoms with Crippen molar-refractivity contribution in [2.75, 3.05) is 12.4 Å². The predicted molar refractivity (Wildman–Crippen MR) is 75.7 cm³/mol. The van der Waals surface area contributed by atoms with Crippen molar-refractivity contribution in [1.29, 1.82) is 0 Å². The Morgan fingerprint density at radius 3 is 2.52 bits per heavy atom. The molecule has 0 aliphatic carbocycles. The lowest BCUT2D eigenvalue weighted by atomic mass is 10.2. The van der Waals surface area contributed by atoms with Gasteiger partial charge in [0.15, 0.2) is 11.6 Å². The summed E-state index contributed by atoms with van der Waals surface area (Å²) in [7, 11) is 1.39. The molecule has 0 saturated carbocycles. The maximum atomic E-state index is 13.7. The molecule has 106 valence electrons. The third-order valence-corrected chi connectivity index (χ3v) is 3.02. The van der Waals surface area contributed by atoms with Gasteiger partial charge < -0.3 is 10.1 Å². The van der Waals surface area contributed by atoms with Crippen molar-refractivity contribution < 1.29 is 13.5 Å². The van der Waals surface area contributed by atoms with E-state index in [1.54, 1.807) is 12.1 Å². The third kappa shape index (κ3) is 2.60. The first-order valence-corrected chi connectivity index (χ1v) is 6.18. The van der Waals surface area contributed by atoms with E-state index in [0.29, 0.717) is 22.4 Å². The van der Waals surface area contributed by atoms with Crippen LogP contribution in [0.1, 0.15) is 0 Å². The number of benzene rings is 2. The molecular formula is C15H11F2N3O. The van der Waals surface area contributed by atoms with Crippen molar-refractivity contribution in [2.45, 2.75) is 0 Å². The average Bonchev–Trinajstić information content (AvgIpc) is 2.49. The Morgan fingerprint density at radius 1 is 1.05 bits per heavy atom. The molecule has 0 spiro atoms. The lowest BCUT2D eigenvalue weighted by Crippen LogP contribution is -1.97. The second-order valence-corrected chi connectivity index (χ2v) is 4.36. The van der Waals surface area contributed by atoms with Crippen LogP contribution in [0.15, 0.2) is 42.7 Å². The molecule has 0 bridgehead atoms. The quantitative estimate of drug-likeness (QED) is 0.798. The van der Waals surface area contributed by atoms with Gasteiger partial charge in [0.2, 0.25) is 0 Å². The lowest BCUT2D eigenvalue weighted by Gasteiger charge is -2.10. The summed E-state index contributed by atoms with van der Waals surface area (Å²) in [5.74, 6) is -0.211. The molecule has 0 unspecified atom stereocenters. The summed E-state index contributed by atoms with van der Waals surface area (Å²) in [4.78, 5) is 8.16. The largest absolute Gasteiger partial charge is 0.494 e. The highest BCUT2D eigenvalue weighted by molar-refractivity contribution is 5.91. The number of halogens is 2. The third-order valence-electron chi connectivity index (χ3n) is 3.02. The number of rotatable bonds is 3. The number of fused-ring (bicyclic) bond motifs is 1. The fourth-order valence-corrected chi connectivity index (χ4v) is 1.98. The molecule has 0 fully saturated rings. The van der Waals surface area contributed by atoms with E-state index >= 15 is 0 Å². The van der Waals surface area contributed by atoms with Crippen molar-refractivity contribution in [3.8, 4) is 5.75 Å². The summed E-state index contributed by atoms with van der Waals surface area (Å²) in [6.07, 6.45) is 1.33. The smallest absolute Gasteiger partial charge is 0.167 e. The molecule has 3 aromatic rings. The van der Waals surface area contributed by atoms with Crippen LogP contribution in [0.4, 0.5) is 20.3 Å². The van der Waals surface area contributed by atoms with Crippen LogP contribution in [0.5, 0.6) is 5.75 Å². The standard InChI is InChI=1S/C15H11F2N3O/c1-21-14-6-11-13(7-12(14)17)18-8-19-15(11)20-10-4-2-9(16)3-5-10/h2-8H,1H3,(H,18,19,20). The Bertz CT molecular complexity index is 791. The Morgan fingerprint density at radius 2 is 1.81 bits per heavy atom. The van der Waals surface area contributed by atoms with Gasteiger partial charge in [-0.3, -0.25) is 0 Å². The van der Waals surface area contributed by atoms with Crippen LogP contribution in [-0.4, -0.2) is 17.1 Å². The van der Waals surface area contributed by atoms with Crippen molar-refractivity contribution >= 4 is 22.4 Å². The lowest BCUT2D eigenvalue weighted by molar-refractivity contribution is 0.387. The van der Waals surface area contributed by atoms with E-state index in [1.807, 2.05) is 0 Å². The maximum absolute atomic E-state index is 13.7. The minimum atomic E-state index is -0.489. The monoisotopic (exact) mass is 287 g/mol. The topological polar surface area (TPSA) is 47.0 Å². The fourth-order valence-electron chi connectivity index (χ4n) is 1.98. The van der Waals surface area contributed by atoms with Gasteiger partial charge in [-0.1, -0.05) is 0 Å². The van der Waals surface area contributed by atoms with Gasteiger partial charge in [0.1, 0.15) is 18.0 Å². The van der Waals surface area contributed by atoms with Gasteiger partial charge in [-0.2, -0.15) is 0 Å². The van der Waals surface area contributed by atoms with Crippen molar-refractivity contribution in [3.05, 3.63) is 54.4 Å². The van der Waals surface area contributed by atoms with E-state index in [0.717, 1.165) is 0 Å². The first-order valence-electron chi connectivity index (χ1n) is 6.18. The molecule has 0 aliphatic rings. The maximum Gasteiger partial charge on any atom is 0.167 e. The highest BCUT2D eigenvalue weighted by Crippen LogP contribution is 2.28. The van der Waals surface area contributed by atoms with Crippen LogP contribution in [0.3, 0.4) is 0 Å².